The number of carbonyl (C=O) groups is 2. The van der Waals surface area contributed by atoms with Crippen molar-refractivity contribution in [3.63, 3.8) is 0 Å². The number of carbonyl (C=O) groups excluding carboxylic acids is 2. The molecule has 0 spiro atoms. The topological polar surface area (TPSA) is 93.7 Å². The predicted octanol–water partition coefficient (Wildman–Crippen LogP) is 3.47. The van der Waals surface area contributed by atoms with Gasteiger partial charge in [0.15, 0.2) is 23.2 Å². The van der Waals surface area contributed by atoms with Crippen molar-refractivity contribution in [3.8, 4) is 11.5 Å². The Hall–Kier alpha value is -3.46. The SMILES string of the molecule is CC1(C)Cc2cccc(OCC(=O)N3CCc4nc(NC(=O)c5ccccn5)sc4C3)c2O1. The maximum absolute atomic E-state index is 12.8. The average molecular weight is 465 g/mol. The fourth-order valence-corrected chi connectivity index (χ4v) is 5.07. The Morgan fingerprint density at radius 1 is 1.24 bits per heavy atom. The zero-order valence-corrected chi connectivity index (χ0v) is 19.3. The first-order chi connectivity index (χ1) is 15.9. The van der Waals surface area contributed by atoms with Crippen LogP contribution in [-0.2, 0) is 24.2 Å². The van der Waals surface area contributed by atoms with Crippen LogP contribution in [-0.4, -0.2) is 45.4 Å². The molecule has 0 aliphatic carbocycles. The van der Waals surface area contributed by atoms with Gasteiger partial charge in [0.25, 0.3) is 11.8 Å². The highest BCUT2D eigenvalue weighted by Crippen LogP contribution is 2.41. The van der Waals surface area contributed by atoms with Crippen molar-refractivity contribution >= 4 is 28.3 Å². The third-order valence-electron chi connectivity index (χ3n) is 5.61. The molecule has 0 saturated carbocycles. The van der Waals surface area contributed by atoms with Gasteiger partial charge in [0, 0.05) is 36.0 Å². The molecule has 2 amide bonds. The van der Waals surface area contributed by atoms with Crippen LogP contribution in [0, 0.1) is 0 Å². The van der Waals surface area contributed by atoms with Gasteiger partial charge in [-0.25, -0.2) is 4.98 Å². The summed E-state index contributed by atoms with van der Waals surface area (Å²) in [4.78, 5) is 36.5. The number of ether oxygens (including phenoxy) is 2. The van der Waals surface area contributed by atoms with Crippen molar-refractivity contribution in [1.82, 2.24) is 14.9 Å². The van der Waals surface area contributed by atoms with E-state index < -0.39 is 0 Å². The molecule has 0 unspecified atom stereocenters. The Balaban J connectivity index is 1.20. The number of nitrogens with one attached hydrogen (secondary N) is 1. The summed E-state index contributed by atoms with van der Waals surface area (Å²) in [5.74, 6) is 0.931. The minimum absolute atomic E-state index is 0.0579. The van der Waals surface area contributed by atoms with Crippen LogP contribution in [0.3, 0.4) is 0 Å². The normalized spacial score (nSPS) is 15.9. The lowest BCUT2D eigenvalue weighted by Crippen LogP contribution is -2.38. The first-order valence-electron chi connectivity index (χ1n) is 10.8. The molecule has 0 radical (unpaired) electrons. The van der Waals surface area contributed by atoms with E-state index in [-0.39, 0.29) is 24.0 Å². The van der Waals surface area contributed by atoms with Gasteiger partial charge in [-0.05, 0) is 32.0 Å². The molecule has 0 saturated heterocycles. The van der Waals surface area contributed by atoms with E-state index in [0.717, 1.165) is 28.3 Å². The molecular formula is C24H24N4O4S. The monoisotopic (exact) mass is 464 g/mol. The molecule has 9 heteroatoms. The second kappa shape index (κ2) is 8.47. The van der Waals surface area contributed by atoms with Crippen LogP contribution >= 0.6 is 11.3 Å². The maximum atomic E-state index is 12.8. The van der Waals surface area contributed by atoms with Crippen LogP contribution in [0.1, 0.15) is 40.5 Å². The van der Waals surface area contributed by atoms with Crippen LogP contribution in [0.4, 0.5) is 5.13 Å². The number of rotatable bonds is 5. The summed E-state index contributed by atoms with van der Waals surface area (Å²) in [5, 5.41) is 3.32. The third kappa shape index (κ3) is 4.54. The highest BCUT2D eigenvalue weighted by Gasteiger charge is 2.32. The number of hydrogen-bond donors (Lipinski definition) is 1. The number of pyridine rings is 1. The molecule has 5 rings (SSSR count). The predicted molar refractivity (Wildman–Crippen MR) is 124 cm³/mol. The van der Waals surface area contributed by atoms with E-state index >= 15 is 0 Å². The van der Waals surface area contributed by atoms with Gasteiger partial charge in [0.05, 0.1) is 12.2 Å². The second-order valence-corrected chi connectivity index (χ2v) is 9.78. The van der Waals surface area contributed by atoms with Gasteiger partial charge in [0.2, 0.25) is 0 Å². The van der Waals surface area contributed by atoms with E-state index in [1.807, 2.05) is 32.0 Å². The number of para-hydroxylation sites is 1. The third-order valence-corrected chi connectivity index (χ3v) is 6.61. The summed E-state index contributed by atoms with van der Waals surface area (Å²) in [6.45, 7) is 5.02. The Bertz CT molecular complexity index is 1210. The first kappa shape index (κ1) is 21.4. The molecule has 1 aromatic carbocycles. The summed E-state index contributed by atoms with van der Waals surface area (Å²) in [7, 11) is 0. The van der Waals surface area contributed by atoms with Crippen LogP contribution in [0.5, 0.6) is 11.5 Å². The fourth-order valence-electron chi connectivity index (χ4n) is 4.05. The second-order valence-electron chi connectivity index (χ2n) is 8.69. The van der Waals surface area contributed by atoms with Crippen molar-refractivity contribution in [2.45, 2.75) is 38.8 Å². The van der Waals surface area contributed by atoms with Crippen LogP contribution in [0.15, 0.2) is 42.6 Å². The van der Waals surface area contributed by atoms with Crippen molar-refractivity contribution in [2.24, 2.45) is 0 Å². The van der Waals surface area contributed by atoms with Crippen molar-refractivity contribution < 1.29 is 19.1 Å². The molecular weight excluding hydrogens is 440 g/mol. The average Bonchev–Trinajstić information content (AvgIpc) is 3.35. The first-order valence-corrected chi connectivity index (χ1v) is 11.6. The van der Waals surface area contributed by atoms with Crippen molar-refractivity contribution in [2.75, 3.05) is 18.5 Å². The lowest BCUT2D eigenvalue weighted by atomic mass is 10.0. The molecule has 2 aliphatic rings. The Morgan fingerprint density at radius 3 is 2.94 bits per heavy atom. The van der Waals surface area contributed by atoms with Crippen LogP contribution < -0.4 is 14.8 Å². The molecule has 0 fully saturated rings. The molecule has 2 aromatic heterocycles. The van der Waals surface area contributed by atoms with Gasteiger partial charge >= 0.3 is 0 Å². The number of benzene rings is 1. The van der Waals surface area contributed by atoms with E-state index in [4.69, 9.17) is 9.47 Å². The molecule has 33 heavy (non-hydrogen) atoms. The van der Waals surface area contributed by atoms with E-state index in [1.54, 1.807) is 29.3 Å². The molecule has 8 nitrogen and oxygen atoms in total. The minimum Gasteiger partial charge on any atom is -0.483 e. The highest BCUT2D eigenvalue weighted by atomic mass is 32.1. The summed E-state index contributed by atoms with van der Waals surface area (Å²) >= 11 is 1.38. The quantitative estimate of drug-likeness (QED) is 0.622. The Kier molecular flexibility index (Phi) is 5.49. The Labute approximate surface area is 195 Å². The van der Waals surface area contributed by atoms with Gasteiger partial charge in [-0.3, -0.25) is 19.9 Å². The fraction of sp³-hybridized carbons (Fsp3) is 0.333. The van der Waals surface area contributed by atoms with E-state index in [2.05, 4.69) is 15.3 Å². The maximum Gasteiger partial charge on any atom is 0.276 e. The summed E-state index contributed by atoms with van der Waals surface area (Å²) < 4.78 is 11.9. The lowest BCUT2D eigenvalue weighted by Gasteiger charge is -2.26. The number of amides is 2. The smallest absolute Gasteiger partial charge is 0.276 e. The molecule has 3 aromatic rings. The summed E-state index contributed by atoms with van der Waals surface area (Å²) in [6, 6.07) is 11.0. The van der Waals surface area contributed by atoms with Gasteiger partial charge in [-0.1, -0.05) is 29.5 Å². The molecule has 170 valence electrons. The molecule has 1 N–H and O–H groups in total. The molecule has 2 aliphatic heterocycles. The summed E-state index contributed by atoms with van der Waals surface area (Å²) in [5.41, 5.74) is 2.07. The molecule has 0 bridgehead atoms. The number of hydrogen-bond acceptors (Lipinski definition) is 7. The van der Waals surface area contributed by atoms with E-state index in [1.165, 1.54) is 11.3 Å². The Morgan fingerprint density at radius 2 is 2.12 bits per heavy atom. The number of thiazole rings is 1. The van der Waals surface area contributed by atoms with E-state index in [9.17, 15) is 9.59 Å². The number of fused-ring (bicyclic) bond motifs is 2. The van der Waals surface area contributed by atoms with Crippen molar-refractivity contribution in [1.29, 1.82) is 0 Å². The lowest BCUT2D eigenvalue weighted by molar-refractivity contribution is -0.134. The van der Waals surface area contributed by atoms with Crippen molar-refractivity contribution in [3.05, 3.63) is 64.4 Å². The van der Waals surface area contributed by atoms with Gasteiger partial charge in [-0.15, -0.1) is 0 Å². The standard InChI is InChI=1S/C24H24N4O4S/c1-24(2)12-15-6-5-8-18(21(15)32-24)31-14-20(29)28-11-9-16-19(13-28)33-23(26-16)27-22(30)17-7-3-4-10-25-17/h3-8,10H,9,11-14H2,1-2H3,(H,26,27,30). The highest BCUT2D eigenvalue weighted by molar-refractivity contribution is 7.15. The van der Waals surface area contributed by atoms with Gasteiger partial charge in [0.1, 0.15) is 11.3 Å². The number of nitrogens with zero attached hydrogens (tertiary/aromatic N) is 3. The molecule has 4 heterocycles. The number of anilines is 1. The van der Waals surface area contributed by atoms with Gasteiger partial charge in [-0.2, -0.15) is 0 Å². The molecule has 0 atom stereocenters. The van der Waals surface area contributed by atoms with E-state index in [0.29, 0.717) is 36.1 Å². The van der Waals surface area contributed by atoms with Crippen LogP contribution in [0.2, 0.25) is 0 Å². The number of aromatic nitrogens is 2. The summed E-state index contributed by atoms with van der Waals surface area (Å²) in [6.07, 6.45) is 3.02. The largest absolute Gasteiger partial charge is 0.483 e. The zero-order chi connectivity index (χ0) is 23.0. The van der Waals surface area contributed by atoms with Gasteiger partial charge < -0.3 is 14.4 Å². The zero-order valence-electron chi connectivity index (χ0n) is 18.5. The van der Waals surface area contributed by atoms with Crippen LogP contribution in [0.25, 0.3) is 0 Å². The minimum atomic E-state index is -0.302.